The second kappa shape index (κ2) is 57.7. The highest BCUT2D eigenvalue weighted by Crippen LogP contribution is 2.19. The second-order valence-electron chi connectivity index (χ2n) is 21.7. The summed E-state index contributed by atoms with van der Waals surface area (Å²) in [5.74, 6) is -0.591. The van der Waals surface area contributed by atoms with Crippen molar-refractivity contribution in [1.29, 1.82) is 0 Å². The maximum absolute atomic E-state index is 12.6. The minimum Gasteiger partial charge on any atom is -0.394 e. The van der Waals surface area contributed by atoms with Crippen molar-refractivity contribution in [3.63, 3.8) is 0 Å². The van der Waals surface area contributed by atoms with Gasteiger partial charge in [-0.2, -0.15) is 0 Å². The largest absolute Gasteiger partial charge is 0.394 e. The summed E-state index contributed by atoms with van der Waals surface area (Å²) < 4.78 is 0. The van der Waals surface area contributed by atoms with Gasteiger partial charge in [-0.05, 0) is 51.4 Å². The Balaban J connectivity index is 3.53. The van der Waals surface area contributed by atoms with Crippen LogP contribution in [-0.4, -0.2) is 57.3 Å². The van der Waals surface area contributed by atoms with E-state index in [1.54, 1.807) is 0 Å². The number of aliphatic hydroxyl groups excluding tert-OH is 4. The van der Waals surface area contributed by atoms with Gasteiger partial charge in [0.05, 0.1) is 18.8 Å². The molecule has 0 aromatic carbocycles. The van der Waals surface area contributed by atoms with Gasteiger partial charge in [-0.3, -0.25) is 4.79 Å². The molecule has 4 unspecified atom stereocenters. The van der Waals surface area contributed by atoms with Gasteiger partial charge in [-0.25, -0.2) is 0 Å². The Morgan fingerprint density at radius 2 is 0.609 bits per heavy atom. The third-order valence-electron chi connectivity index (χ3n) is 14.9. The maximum Gasteiger partial charge on any atom is 0.249 e. The molecule has 0 bridgehead atoms. The van der Waals surface area contributed by atoms with E-state index in [0.29, 0.717) is 19.3 Å². The molecular formula is C63H123NO5. The molecule has 6 nitrogen and oxygen atoms in total. The van der Waals surface area contributed by atoms with Crippen LogP contribution in [-0.2, 0) is 4.79 Å². The molecule has 0 aliphatic rings. The zero-order valence-electron chi connectivity index (χ0n) is 46.6. The van der Waals surface area contributed by atoms with Crippen molar-refractivity contribution in [2.75, 3.05) is 6.61 Å². The molecule has 0 heterocycles. The monoisotopic (exact) mass is 974 g/mol. The Bertz CT molecular complexity index is 1050. The van der Waals surface area contributed by atoms with E-state index in [2.05, 4.69) is 43.5 Å². The predicted octanol–water partition coefficient (Wildman–Crippen LogP) is 18.6. The number of amides is 1. The lowest BCUT2D eigenvalue weighted by Crippen LogP contribution is -2.53. The van der Waals surface area contributed by atoms with Gasteiger partial charge in [0.15, 0.2) is 0 Å². The molecule has 0 fully saturated rings. The Labute approximate surface area is 431 Å². The zero-order chi connectivity index (χ0) is 50.2. The molecule has 0 aromatic heterocycles. The van der Waals surface area contributed by atoms with Crippen LogP contribution < -0.4 is 5.32 Å². The van der Waals surface area contributed by atoms with Crippen LogP contribution >= 0.6 is 0 Å². The minimum absolute atomic E-state index is 0.365. The van der Waals surface area contributed by atoms with Crippen LogP contribution in [0.4, 0.5) is 0 Å². The van der Waals surface area contributed by atoms with E-state index in [4.69, 9.17) is 0 Å². The molecule has 5 N–H and O–H groups in total. The van der Waals surface area contributed by atoms with E-state index >= 15 is 0 Å². The molecule has 0 aromatic rings. The lowest BCUT2D eigenvalue weighted by Gasteiger charge is -2.27. The van der Waals surface area contributed by atoms with E-state index in [9.17, 15) is 25.2 Å². The number of carbonyl (C=O) groups is 1. The Hall–Kier alpha value is -1.21. The van der Waals surface area contributed by atoms with Crippen molar-refractivity contribution in [2.24, 2.45) is 0 Å². The van der Waals surface area contributed by atoms with Gasteiger partial charge in [0.1, 0.15) is 12.2 Å². The van der Waals surface area contributed by atoms with Gasteiger partial charge in [0.25, 0.3) is 0 Å². The third kappa shape index (κ3) is 51.5. The quantitative estimate of drug-likeness (QED) is 0.0308. The first-order valence-corrected chi connectivity index (χ1v) is 31.2. The van der Waals surface area contributed by atoms with Crippen molar-refractivity contribution in [1.82, 2.24) is 5.32 Å². The van der Waals surface area contributed by atoms with E-state index in [0.717, 1.165) is 38.5 Å². The fourth-order valence-corrected chi connectivity index (χ4v) is 10.0. The van der Waals surface area contributed by atoms with Gasteiger partial charge in [-0.15, -0.1) is 0 Å². The number of aliphatic hydroxyl groups is 4. The highest BCUT2D eigenvalue weighted by molar-refractivity contribution is 5.80. The number of hydrogen-bond donors (Lipinski definition) is 5. The van der Waals surface area contributed by atoms with Crippen LogP contribution in [0.1, 0.15) is 341 Å². The summed E-state index contributed by atoms with van der Waals surface area (Å²) >= 11 is 0. The fourth-order valence-electron chi connectivity index (χ4n) is 10.0. The second-order valence-corrected chi connectivity index (χ2v) is 21.7. The summed E-state index contributed by atoms with van der Waals surface area (Å²) in [6.07, 6.45) is 71.5. The summed E-state index contributed by atoms with van der Waals surface area (Å²) in [6, 6.07) is -1.01. The zero-order valence-corrected chi connectivity index (χ0v) is 46.6. The normalized spacial score (nSPS) is 13.8. The van der Waals surface area contributed by atoms with Crippen LogP contribution in [0.2, 0.25) is 0 Å². The highest BCUT2D eigenvalue weighted by Gasteiger charge is 2.28. The van der Waals surface area contributed by atoms with Crippen LogP contribution in [0.5, 0.6) is 0 Å². The molecule has 4 atom stereocenters. The first-order chi connectivity index (χ1) is 34.0. The highest BCUT2D eigenvalue weighted by atomic mass is 16.3. The molecule has 0 saturated carbocycles. The van der Waals surface area contributed by atoms with Crippen molar-refractivity contribution in [2.45, 2.75) is 366 Å². The number of allylic oxidation sites excluding steroid dienone is 4. The molecule has 0 rings (SSSR count). The average Bonchev–Trinajstić information content (AvgIpc) is 3.35. The number of unbranched alkanes of at least 4 members (excludes halogenated alkanes) is 45. The summed E-state index contributed by atoms with van der Waals surface area (Å²) in [7, 11) is 0. The van der Waals surface area contributed by atoms with Crippen molar-refractivity contribution in [3.05, 3.63) is 24.3 Å². The molecular weight excluding hydrogens is 851 g/mol. The minimum atomic E-state index is -1.29. The average molecular weight is 975 g/mol. The molecule has 6 heteroatoms. The molecule has 69 heavy (non-hydrogen) atoms. The predicted molar refractivity (Wildman–Crippen MR) is 302 cm³/mol. The summed E-state index contributed by atoms with van der Waals surface area (Å²) in [5.41, 5.74) is 0. The van der Waals surface area contributed by atoms with Crippen LogP contribution in [0, 0.1) is 0 Å². The first kappa shape index (κ1) is 67.8. The van der Waals surface area contributed by atoms with Crippen LogP contribution in [0.15, 0.2) is 24.3 Å². The third-order valence-corrected chi connectivity index (χ3v) is 14.9. The molecule has 0 radical (unpaired) electrons. The summed E-state index contributed by atoms with van der Waals surface area (Å²) in [5, 5.41) is 44.0. The molecule has 0 spiro atoms. The molecule has 410 valence electrons. The summed E-state index contributed by atoms with van der Waals surface area (Å²) in [6.45, 7) is 4.07. The van der Waals surface area contributed by atoms with Crippen molar-refractivity contribution >= 4 is 5.91 Å². The van der Waals surface area contributed by atoms with Gasteiger partial charge in [-0.1, -0.05) is 314 Å². The lowest BCUT2D eigenvalue weighted by molar-refractivity contribution is -0.132. The van der Waals surface area contributed by atoms with E-state index in [-0.39, 0.29) is 0 Å². The van der Waals surface area contributed by atoms with E-state index < -0.39 is 36.9 Å². The molecule has 0 saturated heterocycles. The lowest BCUT2D eigenvalue weighted by atomic mass is 10.00. The van der Waals surface area contributed by atoms with Gasteiger partial charge < -0.3 is 25.7 Å². The Morgan fingerprint density at radius 1 is 0.348 bits per heavy atom. The topological polar surface area (TPSA) is 110 Å². The SMILES string of the molecule is CCCCCCCCCC/C=C/CC/C=C/CCCC(O)C(O)C(CO)NC(=O)C(O)CCCCCCCCCCCCCCCCCCCCCCCCCCCCCCCCCCCCCC. The standard InChI is InChI=1S/C63H123NO5/c1-3-5-7-9-11-13-15-17-19-21-22-23-24-25-26-27-28-29-30-31-32-33-34-35-36-37-38-39-41-43-45-47-49-51-53-55-57-61(67)63(69)64-59(58-65)62(68)60(66)56-54-52-50-48-46-44-42-40-20-18-16-14-12-10-8-6-4-2/h40,42,48,50,59-62,65-68H,3-39,41,43-47,49,51-58H2,1-2H3,(H,64,69)/b42-40+,50-48+. The number of rotatable bonds is 58. The van der Waals surface area contributed by atoms with Crippen LogP contribution in [0.25, 0.3) is 0 Å². The number of hydrogen-bond acceptors (Lipinski definition) is 5. The van der Waals surface area contributed by atoms with Gasteiger partial charge in [0, 0.05) is 0 Å². The van der Waals surface area contributed by atoms with Crippen LogP contribution in [0.3, 0.4) is 0 Å². The summed E-state index contributed by atoms with van der Waals surface area (Å²) in [4.78, 5) is 12.6. The molecule has 0 aliphatic heterocycles. The number of carbonyl (C=O) groups excluding carboxylic acids is 1. The van der Waals surface area contributed by atoms with Crippen molar-refractivity contribution in [3.8, 4) is 0 Å². The number of nitrogens with one attached hydrogen (secondary N) is 1. The van der Waals surface area contributed by atoms with Gasteiger partial charge in [0.2, 0.25) is 5.91 Å². The van der Waals surface area contributed by atoms with E-state index in [1.165, 1.54) is 270 Å². The Kier molecular flexibility index (Phi) is 56.7. The first-order valence-electron chi connectivity index (χ1n) is 31.2. The van der Waals surface area contributed by atoms with Gasteiger partial charge >= 0.3 is 0 Å². The maximum atomic E-state index is 12.6. The Morgan fingerprint density at radius 3 is 0.913 bits per heavy atom. The van der Waals surface area contributed by atoms with Crippen molar-refractivity contribution < 1.29 is 25.2 Å². The fraction of sp³-hybridized carbons (Fsp3) is 0.921. The molecule has 0 aliphatic carbocycles. The van der Waals surface area contributed by atoms with E-state index in [1.807, 2.05) is 0 Å². The smallest absolute Gasteiger partial charge is 0.249 e. The molecule has 1 amide bonds.